The van der Waals surface area contributed by atoms with Gasteiger partial charge in [-0.3, -0.25) is 14.3 Å². The van der Waals surface area contributed by atoms with Gasteiger partial charge in [0.05, 0.1) is 12.0 Å². The molecule has 0 aromatic heterocycles. The first-order valence-electron chi connectivity index (χ1n) is 12.9. The topological polar surface area (TPSA) is 114 Å². The Morgan fingerprint density at radius 3 is 2.32 bits per heavy atom. The summed E-state index contributed by atoms with van der Waals surface area (Å²) in [5, 5.41) is 2.80. The van der Waals surface area contributed by atoms with Crippen LogP contribution in [0.5, 0.6) is 11.5 Å². The molecule has 0 fully saturated rings. The van der Waals surface area contributed by atoms with Gasteiger partial charge in [-0.2, -0.15) is 0 Å². The van der Waals surface area contributed by atoms with Crippen molar-refractivity contribution in [2.75, 3.05) is 35.2 Å². The molecule has 1 aliphatic rings. The highest BCUT2D eigenvalue weighted by Gasteiger charge is 2.26. The number of anilines is 3. The van der Waals surface area contributed by atoms with Gasteiger partial charge in [0.2, 0.25) is 0 Å². The molecule has 2 amide bonds. The highest BCUT2D eigenvalue weighted by molar-refractivity contribution is 7.92. The molecule has 0 unspecified atom stereocenters. The van der Waals surface area contributed by atoms with E-state index < -0.39 is 15.9 Å². The van der Waals surface area contributed by atoms with Gasteiger partial charge in [0.1, 0.15) is 11.5 Å². The van der Waals surface area contributed by atoms with Crippen molar-refractivity contribution in [3.8, 4) is 11.5 Å². The lowest BCUT2D eigenvalue weighted by Crippen LogP contribution is -2.29. The number of rotatable bonds is 9. The lowest BCUT2D eigenvalue weighted by Gasteiger charge is -2.18. The minimum absolute atomic E-state index is 0.0719. The van der Waals surface area contributed by atoms with Crippen LogP contribution in [0.25, 0.3) is 0 Å². The van der Waals surface area contributed by atoms with Gasteiger partial charge in [-0.15, -0.1) is 0 Å². The van der Waals surface area contributed by atoms with Crippen molar-refractivity contribution in [1.82, 2.24) is 0 Å². The molecular formula is C31H29N3O6S. The summed E-state index contributed by atoms with van der Waals surface area (Å²) in [6.45, 7) is 2.15. The second-order valence-electron chi connectivity index (χ2n) is 9.56. The third-order valence-electron chi connectivity index (χ3n) is 6.62. The smallest absolute Gasteiger partial charge is 0.262 e. The van der Waals surface area contributed by atoms with Crippen LogP contribution in [0.2, 0.25) is 0 Å². The third kappa shape index (κ3) is 6.50. The van der Waals surface area contributed by atoms with Gasteiger partial charge in [-0.25, -0.2) is 8.42 Å². The number of sulfonamides is 1. The molecule has 2 N–H and O–H groups in total. The Bertz CT molecular complexity index is 1690. The lowest BCUT2D eigenvalue weighted by molar-refractivity contribution is -0.118. The second-order valence-corrected chi connectivity index (χ2v) is 11.2. The Balaban J connectivity index is 1.18. The van der Waals surface area contributed by atoms with E-state index in [1.165, 1.54) is 24.3 Å². The minimum Gasteiger partial charge on any atom is -0.497 e. The Labute approximate surface area is 238 Å². The van der Waals surface area contributed by atoms with Crippen LogP contribution >= 0.6 is 0 Å². The van der Waals surface area contributed by atoms with E-state index in [9.17, 15) is 18.0 Å². The SMILES string of the molecule is COc1ccc(C(=O)N2CCc3ccc(NC(=O)COc4ccc(S(=O)(=O)Nc5cccc(C)c5)cc4)cc32)cc1. The van der Waals surface area contributed by atoms with Gasteiger partial charge in [0.25, 0.3) is 21.8 Å². The van der Waals surface area contributed by atoms with Crippen molar-refractivity contribution >= 4 is 38.9 Å². The molecule has 5 rings (SSSR count). The molecule has 1 heterocycles. The summed E-state index contributed by atoms with van der Waals surface area (Å²) in [6, 6.07) is 25.3. The monoisotopic (exact) mass is 571 g/mol. The Morgan fingerprint density at radius 1 is 0.878 bits per heavy atom. The van der Waals surface area contributed by atoms with Crippen molar-refractivity contribution in [2.45, 2.75) is 18.2 Å². The number of benzene rings is 4. The Morgan fingerprint density at radius 2 is 1.61 bits per heavy atom. The van der Waals surface area contributed by atoms with E-state index in [0.29, 0.717) is 35.0 Å². The maximum Gasteiger partial charge on any atom is 0.262 e. The number of carbonyl (C=O) groups excluding carboxylic acids is 2. The number of ether oxygens (including phenoxy) is 2. The molecule has 0 aliphatic carbocycles. The summed E-state index contributed by atoms with van der Waals surface area (Å²) < 4.78 is 38.7. The van der Waals surface area contributed by atoms with Crippen molar-refractivity contribution in [1.29, 1.82) is 0 Å². The van der Waals surface area contributed by atoms with E-state index in [0.717, 1.165) is 23.2 Å². The predicted molar refractivity (Wildman–Crippen MR) is 157 cm³/mol. The average molecular weight is 572 g/mol. The van der Waals surface area contributed by atoms with Gasteiger partial charge in [0, 0.05) is 29.2 Å². The maximum absolute atomic E-state index is 13.1. The van der Waals surface area contributed by atoms with Gasteiger partial charge < -0.3 is 19.7 Å². The van der Waals surface area contributed by atoms with Crippen LogP contribution in [0.3, 0.4) is 0 Å². The number of nitrogens with one attached hydrogen (secondary N) is 2. The van der Waals surface area contributed by atoms with E-state index in [1.807, 2.05) is 19.1 Å². The van der Waals surface area contributed by atoms with Crippen molar-refractivity contribution < 1.29 is 27.5 Å². The molecule has 0 atom stereocenters. The second kappa shape index (κ2) is 11.7. The number of hydrogen-bond acceptors (Lipinski definition) is 6. The Kier molecular flexibility index (Phi) is 7.93. The summed E-state index contributed by atoms with van der Waals surface area (Å²) >= 11 is 0. The first-order valence-corrected chi connectivity index (χ1v) is 14.4. The Hall–Kier alpha value is -4.83. The molecule has 10 heteroatoms. The van der Waals surface area contributed by atoms with Gasteiger partial charge in [0.15, 0.2) is 6.61 Å². The van der Waals surface area contributed by atoms with E-state index in [-0.39, 0.29) is 17.4 Å². The summed E-state index contributed by atoms with van der Waals surface area (Å²) in [5.41, 5.74) is 4.27. The van der Waals surface area contributed by atoms with Crippen LogP contribution < -0.4 is 24.4 Å². The lowest BCUT2D eigenvalue weighted by atomic mass is 10.1. The van der Waals surface area contributed by atoms with Crippen molar-refractivity contribution in [3.63, 3.8) is 0 Å². The largest absolute Gasteiger partial charge is 0.497 e. The molecule has 4 aromatic rings. The quantitative estimate of drug-likeness (QED) is 0.292. The molecule has 9 nitrogen and oxygen atoms in total. The predicted octanol–water partition coefficient (Wildman–Crippen LogP) is 5.02. The molecule has 0 radical (unpaired) electrons. The van der Waals surface area contributed by atoms with Crippen molar-refractivity contribution in [2.24, 2.45) is 0 Å². The molecular weight excluding hydrogens is 542 g/mol. The van der Waals surface area contributed by atoms with E-state index in [2.05, 4.69) is 10.0 Å². The van der Waals surface area contributed by atoms with Gasteiger partial charge in [-0.05, 0) is 97.3 Å². The average Bonchev–Trinajstić information content (AvgIpc) is 3.39. The molecule has 1 aliphatic heterocycles. The fraction of sp³-hybridized carbons (Fsp3) is 0.161. The van der Waals surface area contributed by atoms with Gasteiger partial charge in [-0.1, -0.05) is 18.2 Å². The first kappa shape index (κ1) is 27.7. The van der Waals surface area contributed by atoms with E-state index in [1.54, 1.807) is 66.6 Å². The van der Waals surface area contributed by atoms with Crippen LogP contribution in [-0.4, -0.2) is 40.5 Å². The number of methoxy groups -OCH3 is 1. The summed E-state index contributed by atoms with van der Waals surface area (Å²) in [6.07, 6.45) is 0.723. The van der Waals surface area contributed by atoms with Crippen molar-refractivity contribution in [3.05, 3.63) is 108 Å². The molecule has 4 aromatic carbocycles. The number of carbonyl (C=O) groups is 2. The normalized spacial score (nSPS) is 12.4. The van der Waals surface area contributed by atoms with Crippen LogP contribution in [0.4, 0.5) is 17.1 Å². The number of fused-ring (bicyclic) bond motifs is 1. The highest BCUT2D eigenvalue weighted by Crippen LogP contribution is 2.32. The molecule has 41 heavy (non-hydrogen) atoms. The van der Waals surface area contributed by atoms with Crippen LogP contribution in [0.1, 0.15) is 21.5 Å². The number of hydrogen-bond donors (Lipinski definition) is 2. The molecule has 0 bridgehead atoms. The fourth-order valence-corrected chi connectivity index (χ4v) is 5.59. The molecule has 210 valence electrons. The summed E-state index contributed by atoms with van der Waals surface area (Å²) in [4.78, 5) is 27.5. The molecule has 0 saturated heterocycles. The zero-order valence-electron chi connectivity index (χ0n) is 22.6. The fourth-order valence-electron chi connectivity index (χ4n) is 4.54. The summed E-state index contributed by atoms with van der Waals surface area (Å²) in [5.74, 6) is 0.498. The standard InChI is InChI=1S/C31H29N3O6S/c1-21-4-3-5-25(18-21)33-41(37,38)28-14-12-27(13-15-28)40-20-30(35)32-24-9-6-22-16-17-34(29(22)19-24)31(36)23-7-10-26(39-2)11-8-23/h3-15,18-19,33H,16-17,20H2,1-2H3,(H,32,35). The number of nitrogens with zero attached hydrogens (tertiary/aromatic N) is 1. The molecule has 0 spiro atoms. The van der Waals surface area contributed by atoms with E-state index >= 15 is 0 Å². The van der Waals surface area contributed by atoms with Crippen LogP contribution in [0.15, 0.2) is 95.9 Å². The van der Waals surface area contributed by atoms with E-state index in [4.69, 9.17) is 9.47 Å². The summed E-state index contributed by atoms with van der Waals surface area (Å²) in [7, 11) is -2.20. The number of aryl methyl sites for hydroxylation is 1. The van der Waals surface area contributed by atoms with Crippen LogP contribution in [-0.2, 0) is 21.2 Å². The first-order chi connectivity index (χ1) is 19.7. The minimum atomic E-state index is -3.77. The zero-order chi connectivity index (χ0) is 29.0. The van der Waals surface area contributed by atoms with Gasteiger partial charge >= 0.3 is 0 Å². The highest BCUT2D eigenvalue weighted by atomic mass is 32.2. The molecule has 0 saturated carbocycles. The maximum atomic E-state index is 13.1. The van der Waals surface area contributed by atoms with Crippen LogP contribution in [0, 0.1) is 6.92 Å². The zero-order valence-corrected chi connectivity index (χ0v) is 23.4. The number of amides is 2. The third-order valence-corrected chi connectivity index (χ3v) is 8.02.